The second-order valence-corrected chi connectivity index (χ2v) is 6.52. The molecule has 3 rings (SSSR count). The van der Waals surface area contributed by atoms with E-state index >= 15 is 0 Å². The molecule has 6 N–H and O–H groups in total. The zero-order valence-electron chi connectivity index (χ0n) is 14.4. The fraction of sp³-hybridized carbons (Fsp3) is 0.333. The van der Waals surface area contributed by atoms with E-state index in [2.05, 4.69) is 0 Å². The Kier molecular flexibility index (Phi) is 5.92. The number of anilines is 1. The zero-order valence-corrected chi connectivity index (χ0v) is 14.4. The summed E-state index contributed by atoms with van der Waals surface area (Å²) in [6, 6.07) is 13.0. The lowest BCUT2D eigenvalue weighted by Crippen LogP contribution is -3.13. The average Bonchev–Trinajstić information content (AvgIpc) is 2.64. The van der Waals surface area contributed by atoms with Crippen molar-refractivity contribution in [3.8, 4) is 11.5 Å². The van der Waals surface area contributed by atoms with Gasteiger partial charge in [0.05, 0.1) is 0 Å². The van der Waals surface area contributed by atoms with Gasteiger partial charge in [0.15, 0.2) is 17.2 Å². The summed E-state index contributed by atoms with van der Waals surface area (Å²) in [5, 5.41) is 23.5. The summed E-state index contributed by atoms with van der Waals surface area (Å²) in [5.74, 6) is 0.799. The lowest BCUT2D eigenvalue weighted by molar-refractivity contribution is -1.04. The van der Waals surface area contributed by atoms with Crippen molar-refractivity contribution in [3.63, 3.8) is 0 Å². The number of nitrogens with two attached hydrogens (primary N) is 2. The molecule has 1 aliphatic rings. The second kappa shape index (κ2) is 8.35. The SMILES string of the molecule is Nc1ccc([NH+]([O-])Oc2ccc(O[NH+]([O-])C3CCC(N)CC3)cc2)cc1. The van der Waals surface area contributed by atoms with Crippen LogP contribution in [0.3, 0.4) is 0 Å². The van der Waals surface area contributed by atoms with Crippen LogP contribution in [0.15, 0.2) is 48.5 Å². The molecule has 8 nitrogen and oxygen atoms in total. The van der Waals surface area contributed by atoms with E-state index < -0.39 is 5.23 Å². The summed E-state index contributed by atoms with van der Waals surface area (Å²) in [4.78, 5) is 10.7. The van der Waals surface area contributed by atoms with E-state index in [9.17, 15) is 10.4 Å². The van der Waals surface area contributed by atoms with Crippen molar-refractivity contribution >= 4 is 11.4 Å². The lowest BCUT2D eigenvalue weighted by atomic mass is 9.92. The summed E-state index contributed by atoms with van der Waals surface area (Å²) in [6.45, 7) is 0. The standard InChI is InChI=1S/C18H24N4O4/c19-13-1-5-15(6-2-13)21(23)25-17-9-11-18(12-10-17)26-22(24)16-7-3-14(20)4-8-16/h1-2,5-6,9-12,14,16,21-22H,3-4,7-8,19-20H2. The highest BCUT2D eigenvalue weighted by Crippen LogP contribution is 2.18. The van der Waals surface area contributed by atoms with E-state index in [1.807, 2.05) is 0 Å². The van der Waals surface area contributed by atoms with Crippen molar-refractivity contribution in [2.24, 2.45) is 5.73 Å². The van der Waals surface area contributed by atoms with Gasteiger partial charge in [0.1, 0.15) is 6.04 Å². The topological polar surface area (TPSA) is 126 Å². The first kappa shape index (κ1) is 18.4. The van der Waals surface area contributed by atoms with Crippen LogP contribution in [0.25, 0.3) is 0 Å². The van der Waals surface area contributed by atoms with Crippen LogP contribution in [0.2, 0.25) is 0 Å². The van der Waals surface area contributed by atoms with Crippen LogP contribution in [0.5, 0.6) is 11.5 Å². The highest BCUT2D eigenvalue weighted by atomic mass is 16.9. The molecule has 0 spiro atoms. The minimum atomic E-state index is -0.478. The molecule has 8 heteroatoms. The molecule has 26 heavy (non-hydrogen) atoms. The van der Waals surface area contributed by atoms with E-state index in [4.69, 9.17) is 21.1 Å². The third kappa shape index (κ3) is 4.84. The second-order valence-electron chi connectivity index (χ2n) is 6.52. The van der Waals surface area contributed by atoms with Gasteiger partial charge in [-0.2, -0.15) is 5.23 Å². The third-order valence-electron chi connectivity index (χ3n) is 4.50. The van der Waals surface area contributed by atoms with Gasteiger partial charge in [-0.25, -0.2) is 0 Å². The van der Waals surface area contributed by atoms with Crippen molar-refractivity contribution in [1.29, 1.82) is 0 Å². The Morgan fingerprint density at radius 2 is 1.35 bits per heavy atom. The van der Waals surface area contributed by atoms with Gasteiger partial charge in [-0.05, 0) is 49.2 Å². The average molecular weight is 360 g/mol. The van der Waals surface area contributed by atoms with Crippen LogP contribution in [0.1, 0.15) is 25.7 Å². The molecular weight excluding hydrogens is 336 g/mol. The Morgan fingerprint density at radius 3 is 1.92 bits per heavy atom. The van der Waals surface area contributed by atoms with Gasteiger partial charge in [0, 0.05) is 36.7 Å². The number of nitrogen functional groups attached to an aromatic ring is 1. The largest absolute Gasteiger partial charge is 0.591 e. The first-order chi connectivity index (χ1) is 12.5. The van der Waals surface area contributed by atoms with Crippen LogP contribution in [0, 0.1) is 10.4 Å². The van der Waals surface area contributed by atoms with Gasteiger partial charge in [0.25, 0.3) is 0 Å². The van der Waals surface area contributed by atoms with E-state index in [1.54, 1.807) is 48.5 Å². The Labute approximate surface area is 152 Å². The third-order valence-corrected chi connectivity index (χ3v) is 4.50. The number of quaternary nitrogens is 2. The summed E-state index contributed by atoms with van der Waals surface area (Å²) in [6.07, 6.45) is 3.22. The van der Waals surface area contributed by atoms with Gasteiger partial charge in [-0.3, -0.25) is 0 Å². The minimum Gasteiger partial charge on any atom is -0.591 e. The van der Waals surface area contributed by atoms with Crippen molar-refractivity contribution in [2.45, 2.75) is 37.8 Å². The highest BCUT2D eigenvalue weighted by molar-refractivity contribution is 5.44. The predicted octanol–water partition coefficient (Wildman–Crippen LogP) is 0.223. The monoisotopic (exact) mass is 360 g/mol. The Balaban J connectivity index is 1.53. The van der Waals surface area contributed by atoms with Crippen molar-refractivity contribution in [2.75, 3.05) is 5.73 Å². The molecule has 0 aliphatic heterocycles. The highest BCUT2D eigenvalue weighted by Gasteiger charge is 2.25. The quantitative estimate of drug-likeness (QED) is 0.431. The molecule has 2 atom stereocenters. The zero-order chi connectivity index (χ0) is 18.5. The van der Waals surface area contributed by atoms with Crippen LogP contribution >= 0.6 is 0 Å². The Morgan fingerprint density at radius 1 is 0.808 bits per heavy atom. The molecule has 2 unspecified atom stereocenters. The van der Waals surface area contributed by atoms with Gasteiger partial charge in [0.2, 0.25) is 0 Å². The van der Waals surface area contributed by atoms with Crippen molar-refractivity contribution in [3.05, 3.63) is 58.9 Å². The number of hydroxylamine groups is 2. The van der Waals surface area contributed by atoms with E-state index in [1.165, 1.54) is 0 Å². The molecular formula is C18H24N4O4. The summed E-state index contributed by atoms with van der Waals surface area (Å²) >= 11 is 0. The van der Waals surface area contributed by atoms with Crippen LogP contribution in [-0.2, 0) is 0 Å². The van der Waals surface area contributed by atoms with Crippen molar-refractivity contribution in [1.82, 2.24) is 0 Å². The molecule has 0 saturated heterocycles. The number of hydrogen-bond acceptors (Lipinski definition) is 6. The van der Waals surface area contributed by atoms with E-state index in [0.29, 0.717) is 22.9 Å². The van der Waals surface area contributed by atoms with E-state index in [-0.39, 0.29) is 17.3 Å². The molecule has 1 fully saturated rings. The smallest absolute Gasteiger partial charge is 0.191 e. The van der Waals surface area contributed by atoms with Gasteiger partial charge >= 0.3 is 0 Å². The Bertz CT molecular complexity index is 687. The van der Waals surface area contributed by atoms with Crippen LogP contribution in [-0.4, -0.2) is 12.1 Å². The van der Waals surface area contributed by atoms with Gasteiger partial charge in [-0.15, -0.1) is 5.23 Å². The van der Waals surface area contributed by atoms with Crippen LogP contribution in [0.4, 0.5) is 11.4 Å². The first-order valence-corrected chi connectivity index (χ1v) is 8.66. The van der Waals surface area contributed by atoms with Gasteiger partial charge in [-0.1, -0.05) is 0 Å². The summed E-state index contributed by atoms with van der Waals surface area (Å²) in [7, 11) is 0. The Hall–Kier alpha value is -2.36. The minimum absolute atomic E-state index is 0.0992. The maximum absolute atomic E-state index is 12.2. The molecule has 0 heterocycles. The predicted molar refractivity (Wildman–Crippen MR) is 97.1 cm³/mol. The number of benzene rings is 2. The molecule has 1 saturated carbocycles. The molecule has 2 aromatic rings. The number of rotatable bonds is 6. The van der Waals surface area contributed by atoms with E-state index in [0.717, 1.165) is 25.7 Å². The summed E-state index contributed by atoms with van der Waals surface area (Å²) in [5.41, 5.74) is 12.4. The molecule has 2 aromatic carbocycles. The molecule has 0 amide bonds. The van der Waals surface area contributed by atoms with Gasteiger partial charge < -0.3 is 31.6 Å². The molecule has 140 valence electrons. The summed E-state index contributed by atoms with van der Waals surface area (Å²) < 4.78 is 0. The fourth-order valence-electron chi connectivity index (χ4n) is 2.92. The fourth-order valence-corrected chi connectivity index (χ4v) is 2.92. The molecule has 1 aliphatic carbocycles. The van der Waals surface area contributed by atoms with Crippen LogP contribution < -0.4 is 31.6 Å². The lowest BCUT2D eigenvalue weighted by Gasteiger charge is -2.33. The maximum atomic E-state index is 12.2. The molecule has 0 bridgehead atoms. The first-order valence-electron chi connectivity index (χ1n) is 8.66. The number of nitrogens with one attached hydrogen (secondary N) is 2. The normalized spacial score (nSPS) is 22.4. The molecule has 0 aromatic heterocycles. The molecule has 0 radical (unpaired) electrons. The van der Waals surface area contributed by atoms with Crippen molar-refractivity contribution < 1.29 is 20.1 Å². The maximum Gasteiger partial charge on any atom is 0.191 e. The number of hydrogen-bond donors (Lipinski definition) is 4.